The van der Waals surface area contributed by atoms with E-state index >= 15 is 0 Å². The number of aryl methyl sites for hydroxylation is 3. The van der Waals surface area contributed by atoms with Crippen LogP contribution in [0.5, 0.6) is 0 Å². The summed E-state index contributed by atoms with van der Waals surface area (Å²) in [5.74, 6) is -1.09. The Hall–Kier alpha value is -3.94. The van der Waals surface area contributed by atoms with Gasteiger partial charge in [0.2, 0.25) is 0 Å². The summed E-state index contributed by atoms with van der Waals surface area (Å²) in [6, 6.07) is 11.7. The van der Waals surface area contributed by atoms with E-state index < -0.39 is 18.5 Å². The van der Waals surface area contributed by atoms with E-state index in [4.69, 9.17) is 4.74 Å². The zero-order valence-corrected chi connectivity index (χ0v) is 17.8. The number of carbonyl (C=O) groups excluding carboxylic acids is 2. The smallest absolute Gasteiger partial charge is 0.359 e. The molecule has 0 aliphatic heterocycles. The number of pyridine rings is 1. The molecule has 1 amide bonds. The number of aromatic nitrogens is 4. The predicted molar refractivity (Wildman–Crippen MR) is 117 cm³/mol. The SMILES string of the molecule is Cc1ccc(-n2nc(C)c(NC(=O)COC(=O)c3cn4ccc(C)cc4n3)c2C)cc1. The van der Waals surface area contributed by atoms with E-state index in [2.05, 4.69) is 15.4 Å². The number of ether oxygens (including phenoxy) is 1. The van der Waals surface area contributed by atoms with Gasteiger partial charge in [-0.15, -0.1) is 0 Å². The van der Waals surface area contributed by atoms with Crippen LogP contribution in [0.3, 0.4) is 0 Å². The third kappa shape index (κ3) is 4.18. The first-order chi connectivity index (χ1) is 14.8. The average Bonchev–Trinajstić information content (AvgIpc) is 3.28. The van der Waals surface area contributed by atoms with Crippen LogP contribution in [0.2, 0.25) is 0 Å². The number of anilines is 1. The van der Waals surface area contributed by atoms with Crippen molar-refractivity contribution in [3.05, 3.63) is 77.0 Å². The van der Waals surface area contributed by atoms with Crippen molar-refractivity contribution in [1.29, 1.82) is 0 Å². The maximum atomic E-state index is 12.4. The number of fused-ring (bicyclic) bond motifs is 1. The fourth-order valence-electron chi connectivity index (χ4n) is 3.32. The second kappa shape index (κ2) is 8.06. The van der Waals surface area contributed by atoms with E-state index in [0.29, 0.717) is 17.0 Å². The molecule has 8 heteroatoms. The second-order valence-electron chi connectivity index (χ2n) is 7.51. The van der Waals surface area contributed by atoms with Crippen LogP contribution < -0.4 is 5.32 Å². The number of nitrogens with zero attached hydrogens (tertiary/aromatic N) is 4. The van der Waals surface area contributed by atoms with Crippen LogP contribution in [0.15, 0.2) is 48.8 Å². The molecular weight excluding hydrogens is 394 g/mol. The zero-order valence-electron chi connectivity index (χ0n) is 17.8. The average molecular weight is 417 g/mol. The number of hydrogen-bond acceptors (Lipinski definition) is 5. The molecule has 0 saturated heterocycles. The molecule has 0 fully saturated rings. The van der Waals surface area contributed by atoms with Crippen molar-refractivity contribution in [2.75, 3.05) is 11.9 Å². The van der Waals surface area contributed by atoms with Gasteiger partial charge in [0.05, 0.1) is 22.8 Å². The van der Waals surface area contributed by atoms with Crippen molar-refractivity contribution < 1.29 is 14.3 Å². The Labute approximate surface area is 179 Å². The summed E-state index contributed by atoms with van der Waals surface area (Å²) in [4.78, 5) is 29.0. The van der Waals surface area contributed by atoms with Gasteiger partial charge in [0, 0.05) is 12.4 Å². The summed E-state index contributed by atoms with van der Waals surface area (Å²) in [7, 11) is 0. The Kier molecular flexibility index (Phi) is 5.29. The Morgan fingerprint density at radius 2 is 1.77 bits per heavy atom. The first-order valence-electron chi connectivity index (χ1n) is 9.87. The molecule has 31 heavy (non-hydrogen) atoms. The standard InChI is InChI=1S/C23H23N5O3/c1-14-5-7-18(8-6-14)28-17(4)22(16(3)26-28)25-21(29)13-31-23(30)19-12-27-10-9-15(2)11-20(27)24-19/h5-12H,13H2,1-4H3,(H,25,29). The highest BCUT2D eigenvalue weighted by molar-refractivity contribution is 5.95. The molecule has 8 nitrogen and oxygen atoms in total. The van der Waals surface area contributed by atoms with Gasteiger partial charge in [-0.25, -0.2) is 14.5 Å². The van der Waals surface area contributed by atoms with Crippen molar-refractivity contribution in [2.24, 2.45) is 0 Å². The molecule has 0 bridgehead atoms. The van der Waals surface area contributed by atoms with Gasteiger partial charge in [0.15, 0.2) is 12.3 Å². The molecule has 0 radical (unpaired) electrons. The molecule has 0 aliphatic rings. The van der Waals surface area contributed by atoms with Gasteiger partial charge in [-0.2, -0.15) is 5.10 Å². The highest BCUT2D eigenvalue weighted by Gasteiger charge is 2.18. The summed E-state index contributed by atoms with van der Waals surface area (Å²) in [5.41, 5.74) is 5.95. The highest BCUT2D eigenvalue weighted by Crippen LogP contribution is 2.23. The molecule has 4 aromatic rings. The topological polar surface area (TPSA) is 90.5 Å². The lowest BCUT2D eigenvalue weighted by Crippen LogP contribution is -2.21. The van der Waals surface area contributed by atoms with E-state index in [1.807, 2.05) is 70.3 Å². The monoisotopic (exact) mass is 417 g/mol. The van der Waals surface area contributed by atoms with Crippen molar-refractivity contribution in [1.82, 2.24) is 19.2 Å². The minimum atomic E-state index is -0.653. The van der Waals surface area contributed by atoms with Crippen molar-refractivity contribution >= 4 is 23.2 Å². The van der Waals surface area contributed by atoms with Crippen LogP contribution >= 0.6 is 0 Å². The maximum Gasteiger partial charge on any atom is 0.359 e. The molecule has 0 spiro atoms. The number of amides is 1. The van der Waals surface area contributed by atoms with Crippen molar-refractivity contribution in [3.8, 4) is 5.69 Å². The minimum absolute atomic E-state index is 0.151. The zero-order chi connectivity index (χ0) is 22.1. The Morgan fingerprint density at radius 1 is 1.03 bits per heavy atom. The third-order valence-corrected chi connectivity index (χ3v) is 4.99. The normalized spacial score (nSPS) is 11.0. The van der Waals surface area contributed by atoms with Crippen molar-refractivity contribution in [3.63, 3.8) is 0 Å². The molecule has 0 aliphatic carbocycles. The number of nitrogens with one attached hydrogen (secondary N) is 1. The molecular formula is C23H23N5O3. The lowest BCUT2D eigenvalue weighted by molar-refractivity contribution is -0.119. The van der Waals surface area contributed by atoms with Gasteiger partial charge < -0.3 is 14.5 Å². The molecule has 1 aromatic carbocycles. The van der Waals surface area contributed by atoms with Crippen molar-refractivity contribution in [2.45, 2.75) is 27.7 Å². The Morgan fingerprint density at radius 3 is 2.52 bits per heavy atom. The van der Waals surface area contributed by atoms with Crippen LogP contribution in [-0.2, 0) is 9.53 Å². The number of hydrogen-bond donors (Lipinski definition) is 1. The van der Waals surface area contributed by atoms with Gasteiger partial charge in [-0.1, -0.05) is 17.7 Å². The first-order valence-corrected chi connectivity index (χ1v) is 9.87. The van der Waals surface area contributed by atoms with Crippen LogP contribution in [0, 0.1) is 27.7 Å². The number of rotatable bonds is 5. The molecule has 0 saturated carbocycles. The fourth-order valence-corrected chi connectivity index (χ4v) is 3.32. The number of esters is 1. The number of imidazole rings is 1. The fraction of sp³-hybridized carbons (Fsp3) is 0.217. The molecule has 4 rings (SSSR count). The van der Waals surface area contributed by atoms with E-state index in [1.165, 1.54) is 0 Å². The maximum absolute atomic E-state index is 12.4. The quantitative estimate of drug-likeness (QED) is 0.502. The van der Waals surface area contributed by atoms with E-state index in [9.17, 15) is 9.59 Å². The highest BCUT2D eigenvalue weighted by atomic mass is 16.5. The van der Waals surface area contributed by atoms with Crippen LogP contribution in [0.25, 0.3) is 11.3 Å². The van der Waals surface area contributed by atoms with Gasteiger partial charge in [0.25, 0.3) is 5.91 Å². The molecule has 0 unspecified atom stereocenters. The van der Waals surface area contributed by atoms with Crippen LogP contribution in [0.1, 0.15) is 33.0 Å². The second-order valence-corrected chi connectivity index (χ2v) is 7.51. The van der Waals surface area contributed by atoms with Gasteiger partial charge in [-0.05, 0) is 57.5 Å². The van der Waals surface area contributed by atoms with Crippen LogP contribution in [0.4, 0.5) is 5.69 Å². The number of carbonyl (C=O) groups is 2. The Bertz CT molecular complexity index is 1280. The van der Waals surface area contributed by atoms with E-state index in [1.54, 1.807) is 15.3 Å². The summed E-state index contributed by atoms with van der Waals surface area (Å²) < 4.78 is 8.66. The summed E-state index contributed by atoms with van der Waals surface area (Å²) >= 11 is 0. The number of benzene rings is 1. The minimum Gasteiger partial charge on any atom is -0.451 e. The van der Waals surface area contributed by atoms with Gasteiger partial charge in [-0.3, -0.25) is 4.79 Å². The summed E-state index contributed by atoms with van der Waals surface area (Å²) in [6.07, 6.45) is 3.40. The van der Waals surface area contributed by atoms with E-state index in [0.717, 1.165) is 22.5 Å². The first kappa shape index (κ1) is 20.3. The van der Waals surface area contributed by atoms with Crippen LogP contribution in [-0.4, -0.2) is 37.6 Å². The molecule has 0 atom stereocenters. The molecule has 3 aromatic heterocycles. The lowest BCUT2D eigenvalue weighted by Gasteiger charge is -2.08. The molecule has 3 heterocycles. The summed E-state index contributed by atoms with van der Waals surface area (Å²) in [5, 5.41) is 7.31. The molecule has 158 valence electrons. The van der Waals surface area contributed by atoms with Gasteiger partial charge >= 0.3 is 5.97 Å². The van der Waals surface area contributed by atoms with E-state index in [-0.39, 0.29) is 5.69 Å². The lowest BCUT2D eigenvalue weighted by atomic mass is 10.2. The van der Waals surface area contributed by atoms with Gasteiger partial charge in [0.1, 0.15) is 5.65 Å². The third-order valence-electron chi connectivity index (χ3n) is 4.99. The summed E-state index contributed by atoms with van der Waals surface area (Å²) in [6.45, 7) is 7.24. The Balaban J connectivity index is 1.42. The predicted octanol–water partition coefficient (Wildman–Crippen LogP) is 3.55. The largest absolute Gasteiger partial charge is 0.451 e. The molecule has 1 N–H and O–H groups in total.